The van der Waals surface area contributed by atoms with Gasteiger partial charge < -0.3 is 21.0 Å². The first kappa shape index (κ1) is 20.7. The highest BCUT2D eigenvalue weighted by Gasteiger charge is 2.17. The van der Waals surface area contributed by atoms with Crippen LogP contribution in [0.15, 0.2) is 54.6 Å². The molecule has 142 valence electrons. The molecule has 1 heterocycles. The first-order valence-corrected chi connectivity index (χ1v) is 8.72. The maximum Gasteiger partial charge on any atom is 0.265 e. The van der Waals surface area contributed by atoms with Gasteiger partial charge in [0, 0.05) is 41.2 Å². The molecule has 0 radical (unpaired) electrons. The van der Waals surface area contributed by atoms with Crippen LogP contribution in [-0.2, 0) is 6.54 Å². The normalized spacial score (nSPS) is 11.8. The highest BCUT2D eigenvalue weighted by Crippen LogP contribution is 2.26. The number of halogens is 1. The van der Waals surface area contributed by atoms with Gasteiger partial charge in [-0.1, -0.05) is 42.5 Å². The summed E-state index contributed by atoms with van der Waals surface area (Å²) in [5.74, 6) is -0.460. The summed E-state index contributed by atoms with van der Waals surface area (Å²) in [6.07, 6.45) is 0.616. The fourth-order valence-corrected chi connectivity index (χ4v) is 3.21. The lowest BCUT2D eigenvalue weighted by Crippen LogP contribution is -2.24. The van der Waals surface area contributed by atoms with Gasteiger partial charge in [-0.15, -0.1) is 12.4 Å². The zero-order valence-corrected chi connectivity index (χ0v) is 16.3. The summed E-state index contributed by atoms with van der Waals surface area (Å²) in [5, 5.41) is 12.5. The van der Waals surface area contributed by atoms with Crippen LogP contribution >= 0.6 is 12.4 Å². The Kier molecular flexibility index (Phi) is 6.77. The molecule has 0 spiro atoms. The van der Waals surface area contributed by atoms with E-state index in [2.05, 4.69) is 5.32 Å². The molecular weight excluding hydrogens is 360 g/mol. The fraction of sp³-hybridized carbons (Fsp3) is 0.238. The second-order valence-electron chi connectivity index (χ2n) is 6.58. The number of rotatable bonds is 7. The average molecular weight is 385 g/mol. The summed E-state index contributed by atoms with van der Waals surface area (Å²) in [5.41, 5.74) is 9.51. The van der Waals surface area contributed by atoms with Crippen molar-refractivity contribution >= 4 is 34.9 Å². The molecule has 27 heavy (non-hydrogen) atoms. The largest absolute Gasteiger partial charge is 0.364 e. The molecule has 4 N–H and O–H groups in total. The fourth-order valence-electron chi connectivity index (χ4n) is 3.21. The van der Waals surface area contributed by atoms with Crippen LogP contribution in [0.2, 0.25) is 0 Å². The van der Waals surface area contributed by atoms with E-state index in [1.165, 1.54) is 0 Å². The molecule has 0 aliphatic heterocycles. The highest BCUT2D eigenvalue weighted by atomic mass is 35.5. The molecule has 1 aromatic heterocycles. The first-order chi connectivity index (χ1) is 12.5. The van der Waals surface area contributed by atoms with E-state index in [9.17, 15) is 4.79 Å². The summed E-state index contributed by atoms with van der Waals surface area (Å²) in [7, 11) is 1.89. The second kappa shape index (κ2) is 8.84. The molecule has 1 amide bonds. The van der Waals surface area contributed by atoms with Gasteiger partial charge in [0.15, 0.2) is 0 Å². The number of hydrogen-bond donors (Lipinski definition) is 3. The van der Waals surface area contributed by atoms with E-state index in [0.29, 0.717) is 24.4 Å². The van der Waals surface area contributed by atoms with Crippen molar-refractivity contribution in [1.29, 1.82) is 5.41 Å². The minimum Gasteiger partial charge on any atom is -0.364 e. The SMILES string of the molecule is CNC(C)CC(=N)c1cccc2c1cc(C(N)=O)n2Cc1ccccc1.Cl. The molecule has 2 aromatic carbocycles. The number of amides is 1. The first-order valence-electron chi connectivity index (χ1n) is 8.72. The number of hydrogen-bond acceptors (Lipinski definition) is 3. The molecule has 3 rings (SSSR count). The molecular formula is C21H25ClN4O. The van der Waals surface area contributed by atoms with Crippen molar-refractivity contribution < 1.29 is 4.79 Å². The number of primary amides is 1. The number of carbonyl (C=O) groups excluding carboxylic acids is 1. The van der Waals surface area contributed by atoms with Crippen LogP contribution in [0.3, 0.4) is 0 Å². The lowest BCUT2D eigenvalue weighted by Gasteiger charge is -2.13. The number of carbonyl (C=O) groups is 1. The van der Waals surface area contributed by atoms with Crippen LogP contribution in [0.5, 0.6) is 0 Å². The van der Waals surface area contributed by atoms with Crippen molar-refractivity contribution in [2.45, 2.75) is 25.9 Å². The van der Waals surface area contributed by atoms with Gasteiger partial charge in [-0.3, -0.25) is 4.79 Å². The van der Waals surface area contributed by atoms with Crippen molar-refractivity contribution in [2.24, 2.45) is 5.73 Å². The summed E-state index contributed by atoms with van der Waals surface area (Å²) in [4.78, 5) is 12.0. The van der Waals surface area contributed by atoms with Crippen LogP contribution < -0.4 is 11.1 Å². The Hall–Kier alpha value is -2.63. The molecule has 5 nitrogen and oxygen atoms in total. The summed E-state index contributed by atoms with van der Waals surface area (Å²) < 4.78 is 1.94. The summed E-state index contributed by atoms with van der Waals surface area (Å²) in [6, 6.07) is 17.8. The van der Waals surface area contributed by atoms with Gasteiger partial charge in [-0.2, -0.15) is 0 Å². The van der Waals surface area contributed by atoms with Gasteiger partial charge in [0.05, 0.1) is 0 Å². The quantitative estimate of drug-likeness (QED) is 0.544. The van der Waals surface area contributed by atoms with Crippen molar-refractivity contribution in [3.8, 4) is 0 Å². The number of aromatic nitrogens is 1. The van der Waals surface area contributed by atoms with Gasteiger partial charge in [-0.25, -0.2) is 0 Å². The third kappa shape index (κ3) is 4.38. The minimum atomic E-state index is -0.460. The Morgan fingerprint density at radius 3 is 2.52 bits per heavy atom. The number of fused-ring (bicyclic) bond motifs is 1. The average Bonchev–Trinajstić information content (AvgIpc) is 3.01. The number of nitrogens with two attached hydrogens (primary N) is 1. The molecule has 0 saturated heterocycles. The predicted octanol–water partition coefficient (Wildman–Crippen LogP) is 3.58. The smallest absolute Gasteiger partial charge is 0.265 e. The van der Waals surface area contributed by atoms with Crippen LogP contribution in [0.4, 0.5) is 0 Å². The lowest BCUT2D eigenvalue weighted by atomic mass is 10.0. The van der Waals surface area contributed by atoms with E-state index in [1.807, 2.05) is 73.1 Å². The van der Waals surface area contributed by atoms with Crippen LogP contribution in [0.25, 0.3) is 10.9 Å². The summed E-state index contributed by atoms with van der Waals surface area (Å²) >= 11 is 0. The third-order valence-electron chi connectivity index (χ3n) is 4.71. The third-order valence-corrected chi connectivity index (χ3v) is 4.71. The van der Waals surface area contributed by atoms with Crippen LogP contribution in [0, 0.1) is 5.41 Å². The van der Waals surface area contributed by atoms with E-state index in [0.717, 1.165) is 22.0 Å². The highest BCUT2D eigenvalue weighted by molar-refractivity contribution is 6.11. The number of benzene rings is 2. The molecule has 0 saturated carbocycles. The van der Waals surface area contributed by atoms with Gasteiger partial charge in [0.25, 0.3) is 5.91 Å². The van der Waals surface area contributed by atoms with E-state index in [-0.39, 0.29) is 18.4 Å². The Morgan fingerprint density at radius 2 is 1.89 bits per heavy atom. The Bertz CT molecular complexity index is 949. The predicted molar refractivity (Wildman–Crippen MR) is 113 cm³/mol. The van der Waals surface area contributed by atoms with E-state index in [1.54, 1.807) is 0 Å². The van der Waals surface area contributed by atoms with Crippen LogP contribution in [-0.4, -0.2) is 29.3 Å². The Labute approximate surface area is 165 Å². The van der Waals surface area contributed by atoms with Crippen molar-refractivity contribution in [2.75, 3.05) is 7.05 Å². The Balaban J connectivity index is 0.00000261. The van der Waals surface area contributed by atoms with Crippen LogP contribution in [0.1, 0.15) is 35.0 Å². The molecule has 0 bridgehead atoms. The van der Waals surface area contributed by atoms with Crippen molar-refractivity contribution in [3.63, 3.8) is 0 Å². The maximum absolute atomic E-state index is 12.0. The van der Waals surface area contributed by atoms with Gasteiger partial charge in [-0.05, 0) is 31.7 Å². The molecule has 3 aromatic rings. The topological polar surface area (TPSA) is 83.9 Å². The number of nitrogens with zero attached hydrogens (tertiary/aromatic N) is 1. The monoisotopic (exact) mass is 384 g/mol. The molecule has 0 aliphatic rings. The van der Waals surface area contributed by atoms with E-state index in [4.69, 9.17) is 11.1 Å². The van der Waals surface area contributed by atoms with E-state index >= 15 is 0 Å². The van der Waals surface area contributed by atoms with Gasteiger partial charge >= 0.3 is 0 Å². The van der Waals surface area contributed by atoms with Crippen molar-refractivity contribution in [3.05, 3.63) is 71.4 Å². The zero-order valence-electron chi connectivity index (χ0n) is 15.5. The molecule has 6 heteroatoms. The molecule has 0 aliphatic carbocycles. The second-order valence-corrected chi connectivity index (χ2v) is 6.58. The molecule has 0 fully saturated rings. The summed E-state index contributed by atoms with van der Waals surface area (Å²) in [6.45, 7) is 2.61. The zero-order chi connectivity index (χ0) is 18.7. The minimum absolute atomic E-state index is 0. The standard InChI is InChI=1S/C21H24N4O.ClH/c1-14(24-2)11-18(22)16-9-6-10-19-17(16)12-20(21(23)26)25(19)13-15-7-4-3-5-8-15;/h3-10,12,14,22,24H,11,13H2,1-2H3,(H2,23,26);1H. The maximum atomic E-state index is 12.0. The molecule has 1 atom stereocenters. The number of nitrogens with one attached hydrogen (secondary N) is 2. The van der Waals surface area contributed by atoms with Crippen molar-refractivity contribution in [1.82, 2.24) is 9.88 Å². The molecule has 1 unspecified atom stereocenters. The lowest BCUT2D eigenvalue weighted by molar-refractivity contribution is 0.0992. The van der Waals surface area contributed by atoms with Gasteiger partial charge in [0.2, 0.25) is 0 Å². The Morgan fingerprint density at radius 1 is 1.19 bits per heavy atom. The van der Waals surface area contributed by atoms with Gasteiger partial charge in [0.1, 0.15) is 5.69 Å². The van der Waals surface area contributed by atoms with E-state index < -0.39 is 5.91 Å².